The van der Waals surface area contributed by atoms with Crippen LogP contribution in [0.3, 0.4) is 0 Å². The number of primary amides is 2. The zero-order valence-corrected chi connectivity index (χ0v) is 22.2. The first-order valence-corrected chi connectivity index (χ1v) is 14.0. The van der Waals surface area contributed by atoms with E-state index in [0.29, 0.717) is 5.75 Å². The third-order valence-electron chi connectivity index (χ3n) is 7.06. The maximum absolute atomic E-state index is 12.5. The number of piperazine rings is 1. The Morgan fingerprint density at radius 2 is 1.71 bits per heavy atom. The van der Waals surface area contributed by atoms with E-state index in [2.05, 4.69) is 0 Å². The summed E-state index contributed by atoms with van der Waals surface area (Å²) in [6, 6.07) is 16.7. The van der Waals surface area contributed by atoms with Crippen LogP contribution >= 0.6 is 0 Å². The minimum absolute atomic E-state index is 0.0783. The zero-order chi connectivity index (χ0) is 27.7. The molecule has 38 heavy (non-hydrogen) atoms. The summed E-state index contributed by atoms with van der Waals surface area (Å²) in [5, 5.41) is 13.6. The molecule has 0 saturated carbocycles. The highest BCUT2D eigenvalue weighted by Crippen LogP contribution is 2.28. The Kier molecular flexibility index (Phi) is 7.75. The lowest BCUT2D eigenvalue weighted by Crippen LogP contribution is -2.64. The average molecular weight is 541 g/mol. The van der Waals surface area contributed by atoms with Gasteiger partial charge in [0.2, 0.25) is 21.7 Å². The molecular formula is C27H32N4O6S. The van der Waals surface area contributed by atoms with Crippen molar-refractivity contribution >= 4 is 32.6 Å². The number of nitrogens with zero attached hydrogens (tertiary/aromatic N) is 2. The number of fused-ring (bicyclic) bond motifs is 1. The lowest BCUT2D eigenvalue weighted by molar-refractivity contribution is -0.163. The number of benzene rings is 3. The van der Waals surface area contributed by atoms with Crippen molar-refractivity contribution in [2.75, 3.05) is 32.4 Å². The van der Waals surface area contributed by atoms with Crippen molar-refractivity contribution in [3.8, 4) is 5.75 Å². The number of hydrogen-bond donors (Lipinski definition) is 3. The molecule has 0 radical (unpaired) electrons. The highest BCUT2D eigenvalue weighted by Gasteiger charge is 2.43. The minimum Gasteiger partial charge on any atom is -0.489 e. The van der Waals surface area contributed by atoms with Gasteiger partial charge in [-0.2, -0.15) is 4.31 Å². The minimum atomic E-state index is -3.41. The number of nitrogens with two attached hydrogens (primary N) is 2. The molecule has 2 amide bonds. The van der Waals surface area contributed by atoms with Crippen LogP contribution in [0.25, 0.3) is 10.8 Å². The monoisotopic (exact) mass is 540 g/mol. The van der Waals surface area contributed by atoms with E-state index in [4.69, 9.17) is 16.2 Å². The number of ether oxygens (including phenoxy) is 1. The van der Waals surface area contributed by atoms with Crippen LogP contribution in [0.15, 0.2) is 54.6 Å². The number of carbonyl (C=O) groups is 2. The van der Waals surface area contributed by atoms with Crippen LogP contribution in [-0.2, 0) is 27.8 Å². The number of hydrogen-bond acceptors (Lipinski definition) is 7. The molecule has 0 aliphatic carbocycles. The SMILES string of the molecule is Cc1ccc2ccccc2c1COc1ccc(C(N)=O)c(C[C@](O)(C(N)=O)N2CCN(S(C)(=O)=O)CC2)c1. The van der Waals surface area contributed by atoms with Crippen molar-refractivity contribution < 1.29 is 27.9 Å². The Morgan fingerprint density at radius 3 is 2.34 bits per heavy atom. The Bertz CT molecular complexity index is 1480. The third kappa shape index (κ3) is 5.65. The van der Waals surface area contributed by atoms with Gasteiger partial charge in [-0.1, -0.05) is 36.4 Å². The van der Waals surface area contributed by atoms with Crippen LogP contribution in [0, 0.1) is 6.92 Å². The van der Waals surface area contributed by atoms with Gasteiger partial charge in [0, 0.05) is 43.7 Å². The first kappa shape index (κ1) is 27.5. The van der Waals surface area contributed by atoms with Gasteiger partial charge in [-0.15, -0.1) is 0 Å². The molecule has 0 aromatic heterocycles. The topological polar surface area (TPSA) is 156 Å². The molecule has 10 nitrogen and oxygen atoms in total. The smallest absolute Gasteiger partial charge is 0.265 e. The predicted octanol–water partition coefficient (Wildman–Crippen LogP) is 1.12. The van der Waals surface area contributed by atoms with Crippen molar-refractivity contribution in [1.29, 1.82) is 0 Å². The summed E-state index contributed by atoms with van der Waals surface area (Å²) in [5.41, 5.74) is 11.5. The first-order chi connectivity index (χ1) is 17.9. The van der Waals surface area contributed by atoms with Crippen LogP contribution in [0.2, 0.25) is 0 Å². The quantitative estimate of drug-likeness (QED) is 0.367. The molecule has 4 rings (SSSR count). The van der Waals surface area contributed by atoms with Gasteiger partial charge >= 0.3 is 0 Å². The normalized spacial score (nSPS) is 16.7. The predicted molar refractivity (Wildman–Crippen MR) is 144 cm³/mol. The number of amides is 2. The van der Waals surface area contributed by atoms with Crippen LogP contribution in [0.5, 0.6) is 5.75 Å². The number of sulfonamides is 1. The summed E-state index contributed by atoms with van der Waals surface area (Å²) < 4.78 is 31.1. The fourth-order valence-corrected chi connectivity index (χ4v) is 5.68. The van der Waals surface area contributed by atoms with Crippen molar-refractivity contribution in [2.45, 2.75) is 25.7 Å². The molecule has 1 aliphatic heterocycles. The number of aryl methyl sites for hydroxylation is 1. The number of carbonyl (C=O) groups excluding carboxylic acids is 2. The summed E-state index contributed by atoms with van der Waals surface area (Å²) in [6.45, 7) is 2.60. The summed E-state index contributed by atoms with van der Waals surface area (Å²) in [7, 11) is -3.41. The number of rotatable bonds is 9. The maximum Gasteiger partial charge on any atom is 0.265 e. The van der Waals surface area contributed by atoms with Crippen molar-refractivity contribution in [3.05, 3.63) is 76.9 Å². The Morgan fingerprint density at radius 1 is 1.03 bits per heavy atom. The maximum atomic E-state index is 12.5. The van der Waals surface area contributed by atoms with Crippen molar-refractivity contribution in [3.63, 3.8) is 0 Å². The molecule has 0 spiro atoms. The highest BCUT2D eigenvalue weighted by molar-refractivity contribution is 7.88. The van der Waals surface area contributed by atoms with Gasteiger partial charge in [0.15, 0.2) is 0 Å². The second kappa shape index (κ2) is 10.7. The van der Waals surface area contributed by atoms with E-state index >= 15 is 0 Å². The molecule has 1 aliphatic rings. The molecule has 1 saturated heterocycles. The van der Waals surface area contributed by atoms with E-state index in [9.17, 15) is 23.1 Å². The zero-order valence-electron chi connectivity index (χ0n) is 21.4. The van der Waals surface area contributed by atoms with E-state index in [1.807, 2.05) is 43.3 Å². The van der Waals surface area contributed by atoms with E-state index in [0.717, 1.165) is 28.2 Å². The fourth-order valence-electron chi connectivity index (χ4n) is 4.85. The molecule has 3 aromatic carbocycles. The van der Waals surface area contributed by atoms with Gasteiger partial charge in [0.1, 0.15) is 12.4 Å². The molecule has 0 bridgehead atoms. The van der Waals surface area contributed by atoms with E-state index < -0.39 is 27.6 Å². The second-order valence-electron chi connectivity index (χ2n) is 9.56. The molecule has 1 fully saturated rings. The summed E-state index contributed by atoms with van der Waals surface area (Å²) in [4.78, 5) is 26.1. The lowest BCUT2D eigenvalue weighted by Gasteiger charge is -2.42. The van der Waals surface area contributed by atoms with Crippen LogP contribution < -0.4 is 16.2 Å². The fraction of sp³-hybridized carbons (Fsp3) is 0.333. The highest BCUT2D eigenvalue weighted by atomic mass is 32.2. The molecular weight excluding hydrogens is 508 g/mol. The molecule has 202 valence electrons. The summed E-state index contributed by atoms with van der Waals surface area (Å²) >= 11 is 0. The first-order valence-electron chi connectivity index (χ1n) is 12.2. The third-order valence-corrected chi connectivity index (χ3v) is 8.37. The van der Waals surface area contributed by atoms with Gasteiger partial charge in [-0.05, 0) is 47.0 Å². The van der Waals surface area contributed by atoms with Crippen LogP contribution in [0.4, 0.5) is 0 Å². The van der Waals surface area contributed by atoms with E-state index in [1.54, 1.807) is 12.1 Å². The molecule has 0 unspecified atom stereocenters. The Hall–Kier alpha value is -3.51. The van der Waals surface area contributed by atoms with Crippen LogP contribution in [-0.4, -0.2) is 72.7 Å². The Labute approximate surface area is 221 Å². The van der Waals surface area contributed by atoms with Gasteiger partial charge < -0.3 is 21.3 Å². The number of aliphatic hydroxyl groups is 1. The van der Waals surface area contributed by atoms with E-state index in [1.165, 1.54) is 15.3 Å². The van der Waals surface area contributed by atoms with Gasteiger partial charge in [-0.3, -0.25) is 14.5 Å². The van der Waals surface area contributed by atoms with Gasteiger partial charge in [-0.25, -0.2) is 8.42 Å². The molecule has 1 heterocycles. The lowest BCUT2D eigenvalue weighted by atomic mass is 9.94. The second-order valence-corrected chi connectivity index (χ2v) is 11.5. The molecule has 11 heteroatoms. The average Bonchev–Trinajstić information content (AvgIpc) is 2.87. The van der Waals surface area contributed by atoms with Crippen LogP contribution in [0.1, 0.15) is 27.0 Å². The van der Waals surface area contributed by atoms with E-state index in [-0.39, 0.29) is 50.3 Å². The summed E-state index contributed by atoms with van der Waals surface area (Å²) in [5.74, 6) is -1.32. The molecule has 5 N–H and O–H groups in total. The van der Waals surface area contributed by atoms with Gasteiger partial charge in [0.25, 0.3) is 5.91 Å². The molecule has 1 atom stereocenters. The largest absolute Gasteiger partial charge is 0.489 e. The van der Waals surface area contributed by atoms with Crippen molar-refractivity contribution in [2.24, 2.45) is 11.5 Å². The van der Waals surface area contributed by atoms with Gasteiger partial charge in [0.05, 0.1) is 6.26 Å². The summed E-state index contributed by atoms with van der Waals surface area (Å²) in [6.07, 6.45) is 0.775. The Balaban J connectivity index is 1.60. The molecule has 3 aromatic rings. The van der Waals surface area contributed by atoms with Crippen molar-refractivity contribution in [1.82, 2.24) is 9.21 Å². The standard InChI is InChI=1S/C27H32N4O6S/c1-18-7-8-19-5-3-4-6-22(19)24(18)17-37-21-9-10-23(25(28)32)20(15-21)16-27(34,26(29)33)30-11-13-31(14-12-30)38(2,35)36/h3-10,15,34H,11-14,16-17H2,1-2H3,(H2,28,32)(H2,29,33)/t27-/m0/s1.